The lowest BCUT2D eigenvalue weighted by molar-refractivity contribution is -0.118. The highest BCUT2D eigenvalue weighted by Gasteiger charge is 2.27. The van der Waals surface area contributed by atoms with Gasteiger partial charge in [0.05, 0.1) is 12.2 Å². The van der Waals surface area contributed by atoms with Crippen molar-refractivity contribution in [2.75, 3.05) is 11.4 Å². The first-order chi connectivity index (χ1) is 17.5. The molecule has 0 bridgehead atoms. The number of fused-ring (bicyclic) bond motifs is 5. The number of carbonyl (C=O) groups is 1. The van der Waals surface area contributed by atoms with Crippen molar-refractivity contribution in [1.29, 1.82) is 0 Å². The molecule has 0 atom stereocenters. The zero-order valence-corrected chi connectivity index (χ0v) is 23.7. The van der Waals surface area contributed by atoms with E-state index in [2.05, 4.69) is 43.1 Å². The lowest BCUT2D eigenvalue weighted by atomic mass is 9.82. The number of amides is 1. The average Bonchev–Trinajstić information content (AvgIpc) is 3.42. The van der Waals surface area contributed by atoms with E-state index < -0.39 is 0 Å². The molecule has 6 nitrogen and oxygen atoms in total. The van der Waals surface area contributed by atoms with Crippen LogP contribution in [-0.4, -0.2) is 27.9 Å². The van der Waals surface area contributed by atoms with Crippen LogP contribution in [0.4, 0.5) is 5.69 Å². The number of nitrogens with two attached hydrogens (primary N) is 1. The second-order valence-electron chi connectivity index (χ2n) is 8.58. The van der Waals surface area contributed by atoms with E-state index in [9.17, 15) is 4.79 Å². The van der Waals surface area contributed by atoms with E-state index in [0.717, 1.165) is 33.8 Å². The molecule has 3 aromatic rings. The van der Waals surface area contributed by atoms with Crippen LogP contribution in [0, 0.1) is 5.41 Å². The molecule has 0 saturated heterocycles. The largest absolute Gasteiger partial charge is 0.330 e. The van der Waals surface area contributed by atoms with E-state index in [1.807, 2.05) is 76.2 Å². The van der Waals surface area contributed by atoms with Gasteiger partial charge in [-0.15, -0.1) is 0 Å². The number of anilines is 1. The van der Waals surface area contributed by atoms with Crippen molar-refractivity contribution in [3.05, 3.63) is 54.1 Å². The quantitative estimate of drug-likeness (QED) is 0.359. The van der Waals surface area contributed by atoms with Crippen molar-refractivity contribution >= 4 is 11.6 Å². The Kier molecular flexibility index (Phi) is 16.1. The van der Waals surface area contributed by atoms with E-state index in [0.29, 0.717) is 24.9 Å². The van der Waals surface area contributed by atoms with Gasteiger partial charge < -0.3 is 10.6 Å². The van der Waals surface area contributed by atoms with Crippen LogP contribution >= 0.6 is 0 Å². The molecule has 3 N–H and O–H groups in total. The maximum atomic E-state index is 12.7. The summed E-state index contributed by atoms with van der Waals surface area (Å²) in [5.74, 6) is 0.00620. The lowest BCUT2D eigenvalue weighted by Gasteiger charge is -2.28. The van der Waals surface area contributed by atoms with Crippen molar-refractivity contribution < 1.29 is 6.22 Å². The summed E-state index contributed by atoms with van der Waals surface area (Å²) in [6, 6.07) is 15.7. The number of rotatable bonds is 5. The molecule has 1 aliphatic rings. The molecule has 6 heteroatoms. The number of nitrogens with one attached hydrogen (secondary N) is 1. The Morgan fingerprint density at radius 2 is 1.41 bits per heavy atom. The van der Waals surface area contributed by atoms with Crippen LogP contribution in [0.5, 0.6) is 0 Å². The third kappa shape index (κ3) is 8.53. The minimum Gasteiger partial charge on any atom is -0.330 e. The molecule has 0 aliphatic carbocycles. The first kappa shape index (κ1) is 34.0. The van der Waals surface area contributed by atoms with Gasteiger partial charge in [-0.1, -0.05) is 125 Å². The van der Waals surface area contributed by atoms with E-state index >= 15 is 0 Å². The highest BCUT2D eigenvalue weighted by molar-refractivity contribution is 6.00. The molecule has 1 aromatic heterocycles. The van der Waals surface area contributed by atoms with Gasteiger partial charge in [-0.25, -0.2) is 0 Å². The van der Waals surface area contributed by atoms with Gasteiger partial charge in [-0.05, 0) is 17.0 Å². The van der Waals surface area contributed by atoms with Crippen LogP contribution in [0.1, 0.15) is 95.5 Å². The van der Waals surface area contributed by atoms with Gasteiger partial charge in [0.15, 0.2) is 0 Å². The Labute approximate surface area is 227 Å². The first-order valence-electron chi connectivity index (χ1n) is 13.6. The summed E-state index contributed by atoms with van der Waals surface area (Å²) in [6.07, 6.45) is 4.27. The van der Waals surface area contributed by atoms with Gasteiger partial charge >= 0.3 is 0 Å². The second-order valence-corrected chi connectivity index (χ2v) is 8.58. The smallest absolute Gasteiger partial charge is 0.228 e. The van der Waals surface area contributed by atoms with E-state index in [4.69, 9.17) is 5.73 Å². The summed E-state index contributed by atoms with van der Waals surface area (Å²) in [7, 11) is 0. The maximum Gasteiger partial charge on any atom is 0.228 e. The maximum absolute atomic E-state index is 12.7. The number of hydrogen-bond donors (Lipinski definition) is 2. The number of carbonyl (C=O) groups excluding carboxylic acids is 1. The van der Waals surface area contributed by atoms with Crippen LogP contribution < -0.4 is 10.6 Å². The SMILES string of the molecule is C.CC.CC.CCC(C)(CC)CC.NCCC(=O)N1Cc2ccccc2-c2n[nH]nc2-c2ccccc21.[HH]. The van der Waals surface area contributed by atoms with Crippen molar-refractivity contribution in [2.24, 2.45) is 11.1 Å². The fourth-order valence-electron chi connectivity index (χ4n) is 3.89. The van der Waals surface area contributed by atoms with E-state index in [-0.39, 0.29) is 14.8 Å². The zero-order chi connectivity index (χ0) is 27.1. The molecule has 0 saturated carbocycles. The molecule has 0 unspecified atom stereocenters. The van der Waals surface area contributed by atoms with Crippen molar-refractivity contribution in [1.82, 2.24) is 15.4 Å². The number of para-hydroxylation sites is 1. The third-order valence-corrected chi connectivity index (χ3v) is 6.82. The standard InChI is InChI=1S/C18H17N5O.C8H18.2C2H6.CH4.H2/c19-10-9-16(24)23-11-12-5-1-2-6-13(12)17-18(21-22-20-17)14-7-3-4-8-15(14)23;1-5-8(4,6-2)7-3;2*1-2;;/h1-8H,9-11,19H2,(H,20,21,22);5-7H2,1-4H3;2*1-2H3;1H4;1H. The second kappa shape index (κ2) is 17.5. The van der Waals surface area contributed by atoms with E-state index in [1.54, 1.807) is 4.90 Å². The topological polar surface area (TPSA) is 87.9 Å². The van der Waals surface area contributed by atoms with Crippen molar-refractivity contribution in [2.45, 2.75) is 95.0 Å². The summed E-state index contributed by atoms with van der Waals surface area (Å²) in [4.78, 5) is 14.5. The van der Waals surface area contributed by atoms with Crippen LogP contribution in [-0.2, 0) is 11.3 Å². The Morgan fingerprint density at radius 1 is 0.919 bits per heavy atom. The predicted molar refractivity (Wildman–Crippen MR) is 163 cm³/mol. The Hall–Kier alpha value is -2.99. The molecule has 1 aliphatic heterocycles. The van der Waals surface area contributed by atoms with Gasteiger partial charge in [-0.3, -0.25) is 4.79 Å². The third-order valence-electron chi connectivity index (χ3n) is 6.82. The van der Waals surface area contributed by atoms with Gasteiger partial charge in [0.25, 0.3) is 0 Å². The molecule has 2 heterocycles. The number of H-pyrrole nitrogens is 1. The molecule has 0 fully saturated rings. The Bertz CT molecular complexity index is 1040. The van der Waals surface area contributed by atoms with Gasteiger partial charge in [0, 0.05) is 25.5 Å². The monoisotopic (exact) mass is 511 g/mol. The number of nitrogens with zero attached hydrogens (tertiary/aromatic N) is 3. The zero-order valence-electron chi connectivity index (χ0n) is 23.7. The van der Waals surface area contributed by atoms with Crippen LogP contribution in [0.2, 0.25) is 0 Å². The fraction of sp³-hybridized carbons (Fsp3) is 0.516. The summed E-state index contributed by atoms with van der Waals surface area (Å²) in [5.41, 5.74) is 11.5. The lowest BCUT2D eigenvalue weighted by Crippen LogP contribution is -2.33. The minimum absolute atomic E-state index is 0. The Balaban J connectivity index is 0. The molecule has 2 aromatic carbocycles. The predicted octanol–water partition coefficient (Wildman–Crippen LogP) is 8.49. The van der Waals surface area contributed by atoms with Crippen LogP contribution in [0.15, 0.2) is 48.5 Å². The normalized spacial score (nSPS) is 11.1. The number of hydrogen-bond acceptors (Lipinski definition) is 4. The number of aromatic nitrogens is 3. The molecular weight excluding hydrogens is 458 g/mol. The number of aromatic amines is 1. The molecule has 208 valence electrons. The van der Waals surface area contributed by atoms with Crippen LogP contribution in [0.3, 0.4) is 0 Å². The highest BCUT2D eigenvalue weighted by Crippen LogP contribution is 2.39. The van der Waals surface area contributed by atoms with Gasteiger partial charge in [0.1, 0.15) is 11.4 Å². The molecule has 0 spiro atoms. The van der Waals surface area contributed by atoms with Crippen molar-refractivity contribution in [3.63, 3.8) is 0 Å². The molecular formula is C31H53N5O. The minimum atomic E-state index is 0. The molecule has 4 rings (SSSR count). The van der Waals surface area contributed by atoms with Gasteiger partial charge in [0.2, 0.25) is 5.91 Å². The van der Waals surface area contributed by atoms with Crippen molar-refractivity contribution in [3.8, 4) is 22.5 Å². The Morgan fingerprint density at radius 3 is 1.92 bits per heavy atom. The highest BCUT2D eigenvalue weighted by atomic mass is 16.2. The van der Waals surface area contributed by atoms with Crippen LogP contribution in [0.25, 0.3) is 22.5 Å². The summed E-state index contributed by atoms with van der Waals surface area (Å²) in [6.45, 7) is 18.0. The molecule has 37 heavy (non-hydrogen) atoms. The summed E-state index contributed by atoms with van der Waals surface area (Å²) >= 11 is 0. The number of benzene rings is 2. The van der Waals surface area contributed by atoms with E-state index in [1.165, 1.54) is 19.3 Å². The average molecular weight is 512 g/mol. The summed E-state index contributed by atoms with van der Waals surface area (Å²) in [5, 5.41) is 11.4. The molecule has 0 radical (unpaired) electrons. The first-order valence-corrected chi connectivity index (χ1v) is 13.6. The summed E-state index contributed by atoms with van der Waals surface area (Å²) < 4.78 is 0. The van der Waals surface area contributed by atoms with Gasteiger partial charge in [-0.2, -0.15) is 15.4 Å². The molecule has 1 amide bonds. The fourth-order valence-corrected chi connectivity index (χ4v) is 3.89.